The van der Waals surface area contributed by atoms with Crippen molar-refractivity contribution in [2.75, 3.05) is 39.5 Å². The topological polar surface area (TPSA) is 107 Å². The molecule has 0 aliphatic carbocycles. The van der Waals surface area contributed by atoms with Gasteiger partial charge in [0.1, 0.15) is 13.1 Å². The first-order chi connectivity index (χ1) is 16.6. The molecule has 1 aromatic heterocycles. The molecule has 10 nitrogen and oxygen atoms in total. The highest BCUT2D eigenvalue weighted by atomic mass is 16.7. The molecule has 1 fully saturated rings. The van der Waals surface area contributed by atoms with Crippen molar-refractivity contribution in [3.8, 4) is 11.5 Å². The van der Waals surface area contributed by atoms with Crippen molar-refractivity contribution in [2.24, 2.45) is 0 Å². The standard InChI is InChI=1S/C24H25N5O5/c30-22(14-29-15-26-19-4-2-1-3-18(19)24(29)32)25-12-23(31)28-9-7-27(8-10-28)13-17-5-6-20-21(11-17)34-16-33-20/h1-6,11,15H,7-10,12-14,16H2,(H,25,30)/p+1. The Morgan fingerprint density at radius 1 is 1.06 bits per heavy atom. The second kappa shape index (κ2) is 9.52. The van der Waals surface area contributed by atoms with Gasteiger partial charge in [0, 0.05) is 5.56 Å². The number of amides is 2. The number of carbonyl (C=O) groups is 2. The van der Waals surface area contributed by atoms with Crippen LogP contribution in [0.15, 0.2) is 53.6 Å². The Balaban J connectivity index is 1.08. The minimum Gasteiger partial charge on any atom is -0.454 e. The Morgan fingerprint density at radius 3 is 2.71 bits per heavy atom. The van der Waals surface area contributed by atoms with E-state index in [1.54, 1.807) is 29.2 Å². The number of rotatable bonds is 6. The molecule has 0 unspecified atom stereocenters. The van der Waals surface area contributed by atoms with Crippen LogP contribution in [0.25, 0.3) is 10.9 Å². The van der Waals surface area contributed by atoms with Crippen molar-refractivity contribution in [1.29, 1.82) is 0 Å². The summed E-state index contributed by atoms with van der Waals surface area (Å²) in [5.74, 6) is 1.03. The van der Waals surface area contributed by atoms with Gasteiger partial charge in [0.15, 0.2) is 11.5 Å². The quantitative estimate of drug-likeness (QED) is 0.493. The van der Waals surface area contributed by atoms with Crippen molar-refractivity contribution < 1.29 is 24.0 Å². The molecule has 5 rings (SSSR count). The van der Waals surface area contributed by atoms with Crippen LogP contribution < -0.4 is 25.2 Å². The Labute approximate surface area is 195 Å². The Bertz CT molecular complexity index is 1280. The van der Waals surface area contributed by atoms with E-state index < -0.39 is 5.91 Å². The molecule has 0 bridgehead atoms. The number of piperazine rings is 1. The van der Waals surface area contributed by atoms with Crippen molar-refractivity contribution >= 4 is 22.7 Å². The van der Waals surface area contributed by atoms with E-state index in [0.29, 0.717) is 24.0 Å². The van der Waals surface area contributed by atoms with Crippen LogP contribution in [-0.2, 0) is 22.7 Å². The average Bonchev–Trinajstić information content (AvgIpc) is 3.33. The lowest BCUT2D eigenvalue weighted by Gasteiger charge is -2.32. The van der Waals surface area contributed by atoms with Crippen LogP contribution in [0.3, 0.4) is 0 Å². The largest absolute Gasteiger partial charge is 0.454 e. The van der Waals surface area contributed by atoms with Crippen molar-refractivity contribution in [3.63, 3.8) is 0 Å². The van der Waals surface area contributed by atoms with E-state index >= 15 is 0 Å². The van der Waals surface area contributed by atoms with Gasteiger partial charge in [-0.15, -0.1) is 0 Å². The molecule has 0 radical (unpaired) electrons. The number of hydrogen-bond acceptors (Lipinski definition) is 6. The average molecular weight is 465 g/mol. The van der Waals surface area contributed by atoms with E-state index in [4.69, 9.17) is 9.47 Å². The highest BCUT2D eigenvalue weighted by Gasteiger charge is 2.24. The van der Waals surface area contributed by atoms with E-state index in [1.807, 2.05) is 18.2 Å². The minimum absolute atomic E-state index is 0.0912. The van der Waals surface area contributed by atoms with Gasteiger partial charge in [-0.1, -0.05) is 12.1 Å². The van der Waals surface area contributed by atoms with Crippen LogP contribution in [0.4, 0.5) is 0 Å². The zero-order valence-corrected chi connectivity index (χ0v) is 18.7. The first kappa shape index (κ1) is 21.9. The van der Waals surface area contributed by atoms with E-state index in [2.05, 4.69) is 10.3 Å². The van der Waals surface area contributed by atoms with Crippen LogP contribution in [0.2, 0.25) is 0 Å². The molecule has 2 aliphatic heterocycles. The van der Waals surface area contributed by atoms with Gasteiger partial charge in [-0.05, 0) is 30.3 Å². The summed E-state index contributed by atoms with van der Waals surface area (Å²) in [7, 11) is 0. The second-order valence-electron chi connectivity index (χ2n) is 8.47. The maximum absolute atomic E-state index is 12.6. The molecule has 34 heavy (non-hydrogen) atoms. The fraction of sp³-hybridized carbons (Fsp3) is 0.333. The van der Waals surface area contributed by atoms with Crippen molar-refractivity contribution in [1.82, 2.24) is 19.8 Å². The van der Waals surface area contributed by atoms with Gasteiger partial charge in [-0.3, -0.25) is 19.0 Å². The summed E-state index contributed by atoms with van der Waals surface area (Å²) < 4.78 is 12.1. The molecule has 0 spiro atoms. The van der Waals surface area contributed by atoms with Crippen LogP contribution in [0.5, 0.6) is 11.5 Å². The third-order valence-corrected chi connectivity index (χ3v) is 6.20. The summed E-state index contributed by atoms with van der Waals surface area (Å²) in [5, 5.41) is 3.08. The zero-order valence-electron chi connectivity index (χ0n) is 18.7. The fourth-order valence-electron chi connectivity index (χ4n) is 4.30. The Hall–Kier alpha value is -3.92. The predicted molar refractivity (Wildman–Crippen MR) is 123 cm³/mol. The maximum Gasteiger partial charge on any atom is 0.261 e. The summed E-state index contributed by atoms with van der Waals surface area (Å²) in [4.78, 5) is 44.8. The summed E-state index contributed by atoms with van der Waals surface area (Å²) >= 11 is 0. The van der Waals surface area contributed by atoms with E-state index in [9.17, 15) is 14.4 Å². The van der Waals surface area contributed by atoms with Crippen molar-refractivity contribution in [3.05, 3.63) is 64.7 Å². The third kappa shape index (κ3) is 4.72. The monoisotopic (exact) mass is 464 g/mol. The predicted octanol–water partition coefficient (Wildman–Crippen LogP) is -0.831. The third-order valence-electron chi connectivity index (χ3n) is 6.20. The highest BCUT2D eigenvalue weighted by Crippen LogP contribution is 2.32. The summed E-state index contributed by atoms with van der Waals surface area (Å²) in [6.45, 7) is 3.75. The normalized spacial score (nSPS) is 15.5. The first-order valence-electron chi connectivity index (χ1n) is 11.3. The summed E-state index contributed by atoms with van der Waals surface area (Å²) in [6.07, 6.45) is 1.36. The van der Waals surface area contributed by atoms with Crippen LogP contribution in [-0.4, -0.2) is 65.8 Å². The molecule has 176 valence electrons. The molecule has 0 saturated carbocycles. The number of benzene rings is 2. The molecule has 2 aliphatic rings. The zero-order chi connectivity index (χ0) is 23.5. The number of nitrogens with one attached hydrogen (secondary N) is 2. The lowest BCUT2D eigenvalue weighted by molar-refractivity contribution is -0.917. The lowest BCUT2D eigenvalue weighted by atomic mass is 10.1. The molecule has 2 aromatic carbocycles. The Morgan fingerprint density at radius 2 is 1.85 bits per heavy atom. The number of quaternary nitrogens is 1. The molecule has 1 saturated heterocycles. The van der Waals surface area contributed by atoms with Gasteiger partial charge in [0.2, 0.25) is 18.6 Å². The number of ether oxygens (including phenoxy) is 2. The van der Waals surface area contributed by atoms with Crippen LogP contribution >= 0.6 is 0 Å². The second-order valence-corrected chi connectivity index (χ2v) is 8.47. The van der Waals surface area contributed by atoms with Crippen LogP contribution in [0.1, 0.15) is 5.56 Å². The van der Waals surface area contributed by atoms with Gasteiger partial charge in [-0.2, -0.15) is 0 Å². The van der Waals surface area contributed by atoms with Gasteiger partial charge < -0.3 is 24.6 Å². The van der Waals surface area contributed by atoms with Gasteiger partial charge in [-0.25, -0.2) is 4.98 Å². The van der Waals surface area contributed by atoms with E-state index in [0.717, 1.165) is 31.1 Å². The molecule has 2 amide bonds. The SMILES string of the molecule is O=C(Cn1cnc2ccccc2c1=O)NCC(=O)N1CC[NH+](Cc2ccc3c(c2)OCO3)CC1. The molecular weight excluding hydrogens is 438 g/mol. The molecule has 2 N–H and O–H groups in total. The number of nitrogens with zero attached hydrogens (tertiary/aromatic N) is 3. The molecule has 3 heterocycles. The van der Waals surface area contributed by atoms with Crippen LogP contribution in [0, 0.1) is 0 Å². The number of aromatic nitrogens is 2. The smallest absolute Gasteiger partial charge is 0.261 e. The van der Waals surface area contributed by atoms with E-state index in [1.165, 1.54) is 21.4 Å². The number of fused-ring (bicyclic) bond motifs is 2. The number of para-hydroxylation sites is 1. The molecule has 3 aromatic rings. The number of hydrogen-bond donors (Lipinski definition) is 2. The van der Waals surface area contributed by atoms with Gasteiger partial charge in [0.25, 0.3) is 5.56 Å². The first-order valence-corrected chi connectivity index (χ1v) is 11.3. The summed E-state index contributed by atoms with van der Waals surface area (Å²) in [6, 6.07) is 13.0. The van der Waals surface area contributed by atoms with Crippen molar-refractivity contribution in [2.45, 2.75) is 13.1 Å². The highest BCUT2D eigenvalue weighted by molar-refractivity contribution is 5.85. The maximum atomic E-state index is 12.6. The van der Waals surface area contributed by atoms with Gasteiger partial charge >= 0.3 is 0 Å². The lowest BCUT2D eigenvalue weighted by Crippen LogP contribution is -3.13. The fourth-order valence-corrected chi connectivity index (χ4v) is 4.30. The Kier molecular flexibility index (Phi) is 6.13. The van der Waals surface area contributed by atoms with E-state index in [-0.39, 0.29) is 31.3 Å². The molecule has 0 atom stereocenters. The summed E-state index contributed by atoms with van der Waals surface area (Å²) in [5.41, 5.74) is 1.47. The number of carbonyl (C=O) groups excluding carboxylic acids is 2. The molecule has 10 heteroatoms. The van der Waals surface area contributed by atoms with Gasteiger partial charge in [0.05, 0.1) is 50.0 Å². The molecular formula is C24H26N5O5+. The minimum atomic E-state index is -0.403.